The highest BCUT2D eigenvalue weighted by molar-refractivity contribution is 5.33. The molecule has 0 heterocycles. The summed E-state index contributed by atoms with van der Waals surface area (Å²) in [6.07, 6.45) is 7.28. The van der Waals surface area contributed by atoms with Crippen molar-refractivity contribution in [1.82, 2.24) is 5.32 Å². The van der Waals surface area contributed by atoms with Crippen LogP contribution in [0.1, 0.15) is 51.5 Å². The molecule has 108 valence electrons. The third-order valence-corrected chi connectivity index (χ3v) is 3.29. The lowest BCUT2D eigenvalue weighted by molar-refractivity contribution is 0.302. The smallest absolute Gasteiger partial charge is 0.122 e. The monoisotopic (exact) mass is 263 g/mol. The number of hydrogen-bond donors (Lipinski definition) is 1. The molecule has 0 aliphatic rings. The Labute approximate surface area is 118 Å². The SMILES string of the molecule is CCCNCCCCCCOc1ccccc1CC. The van der Waals surface area contributed by atoms with Gasteiger partial charge in [-0.25, -0.2) is 0 Å². The van der Waals surface area contributed by atoms with E-state index < -0.39 is 0 Å². The molecule has 1 aromatic rings. The first-order valence-electron chi connectivity index (χ1n) is 7.80. The number of para-hydroxylation sites is 1. The highest BCUT2D eigenvalue weighted by atomic mass is 16.5. The van der Waals surface area contributed by atoms with Crippen molar-refractivity contribution in [2.24, 2.45) is 0 Å². The third-order valence-electron chi connectivity index (χ3n) is 3.29. The molecule has 0 amide bonds. The predicted molar refractivity (Wildman–Crippen MR) is 82.9 cm³/mol. The quantitative estimate of drug-likeness (QED) is 0.604. The van der Waals surface area contributed by atoms with Gasteiger partial charge in [0.05, 0.1) is 6.61 Å². The van der Waals surface area contributed by atoms with Gasteiger partial charge >= 0.3 is 0 Å². The van der Waals surface area contributed by atoms with Gasteiger partial charge in [0, 0.05) is 0 Å². The van der Waals surface area contributed by atoms with E-state index in [1.165, 1.54) is 31.2 Å². The standard InChI is InChI=1S/C17H29NO/c1-3-13-18-14-9-5-6-10-15-19-17-12-8-7-11-16(17)4-2/h7-8,11-12,18H,3-6,9-10,13-15H2,1-2H3. The fraction of sp³-hybridized carbons (Fsp3) is 0.647. The molecule has 0 aliphatic heterocycles. The third kappa shape index (κ3) is 7.22. The molecular weight excluding hydrogens is 234 g/mol. The van der Waals surface area contributed by atoms with Gasteiger partial charge < -0.3 is 10.1 Å². The molecule has 1 N–H and O–H groups in total. The van der Waals surface area contributed by atoms with Crippen molar-refractivity contribution in [3.8, 4) is 5.75 Å². The molecule has 0 saturated carbocycles. The van der Waals surface area contributed by atoms with Gasteiger partial charge in [0.15, 0.2) is 0 Å². The number of rotatable bonds is 11. The molecule has 0 unspecified atom stereocenters. The van der Waals surface area contributed by atoms with Crippen LogP contribution >= 0.6 is 0 Å². The molecule has 19 heavy (non-hydrogen) atoms. The van der Waals surface area contributed by atoms with E-state index in [0.717, 1.165) is 38.3 Å². The minimum atomic E-state index is 0.847. The molecule has 1 rings (SSSR count). The topological polar surface area (TPSA) is 21.3 Å². The van der Waals surface area contributed by atoms with E-state index in [-0.39, 0.29) is 0 Å². The van der Waals surface area contributed by atoms with Crippen LogP contribution in [0.5, 0.6) is 5.75 Å². The van der Waals surface area contributed by atoms with Gasteiger partial charge in [-0.1, -0.05) is 44.9 Å². The zero-order chi connectivity index (χ0) is 13.8. The summed E-state index contributed by atoms with van der Waals surface area (Å²) in [6.45, 7) is 7.54. The summed E-state index contributed by atoms with van der Waals surface area (Å²) in [6, 6.07) is 8.35. The van der Waals surface area contributed by atoms with Crippen molar-refractivity contribution in [3.05, 3.63) is 29.8 Å². The Hall–Kier alpha value is -1.02. The highest BCUT2D eigenvalue weighted by Gasteiger charge is 1.99. The highest BCUT2D eigenvalue weighted by Crippen LogP contribution is 2.18. The molecule has 0 spiro atoms. The largest absolute Gasteiger partial charge is 0.493 e. The first kappa shape index (κ1) is 16.0. The van der Waals surface area contributed by atoms with Crippen molar-refractivity contribution in [2.45, 2.75) is 52.4 Å². The van der Waals surface area contributed by atoms with Crippen LogP contribution in [0.15, 0.2) is 24.3 Å². The molecule has 0 radical (unpaired) electrons. The maximum absolute atomic E-state index is 5.86. The number of aryl methyl sites for hydroxylation is 1. The average molecular weight is 263 g/mol. The van der Waals surface area contributed by atoms with Crippen molar-refractivity contribution < 1.29 is 4.74 Å². The summed E-state index contributed by atoms with van der Waals surface area (Å²) < 4.78 is 5.86. The first-order chi connectivity index (χ1) is 9.38. The van der Waals surface area contributed by atoms with Gasteiger partial charge in [0.1, 0.15) is 5.75 Å². The zero-order valence-corrected chi connectivity index (χ0v) is 12.6. The van der Waals surface area contributed by atoms with E-state index in [9.17, 15) is 0 Å². The van der Waals surface area contributed by atoms with E-state index in [4.69, 9.17) is 4.74 Å². The van der Waals surface area contributed by atoms with Crippen LogP contribution in [-0.2, 0) is 6.42 Å². The van der Waals surface area contributed by atoms with Gasteiger partial charge in [-0.2, -0.15) is 0 Å². The fourth-order valence-electron chi connectivity index (χ4n) is 2.13. The number of hydrogen-bond acceptors (Lipinski definition) is 2. The average Bonchev–Trinajstić information content (AvgIpc) is 2.46. The van der Waals surface area contributed by atoms with Crippen LogP contribution < -0.4 is 10.1 Å². The second-order valence-electron chi connectivity index (χ2n) is 4.97. The minimum Gasteiger partial charge on any atom is -0.493 e. The Balaban J connectivity index is 2.01. The summed E-state index contributed by atoms with van der Waals surface area (Å²) in [4.78, 5) is 0. The Kier molecular flexibility index (Phi) is 9.17. The van der Waals surface area contributed by atoms with Crippen molar-refractivity contribution in [1.29, 1.82) is 0 Å². The summed E-state index contributed by atoms with van der Waals surface area (Å²) in [5.41, 5.74) is 1.31. The lowest BCUT2D eigenvalue weighted by atomic mass is 10.1. The second-order valence-corrected chi connectivity index (χ2v) is 4.97. The molecule has 2 nitrogen and oxygen atoms in total. The molecule has 0 fully saturated rings. The molecule has 0 aromatic heterocycles. The lowest BCUT2D eigenvalue weighted by Crippen LogP contribution is -2.15. The van der Waals surface area contributed by atoms with Gasteiger partial charge in [-0.05, 0) is 50.4 Å². The Morgan fingerprint density at radius 3 is 2.53 bits per heavy atom. The van der Waals surface area contributed by atoms with Crippen molar-refractivity contribution >= 4 is 0 Å². The number of benzene rings is 1. The molecule has 0 atom stereocenters. The van der Waals surface area contributed by atoms with E-state index in [1.54, 1.807) is 0 Å². The molecule has 2 heteroatoms. The summed E-state index contributed by atoms with van der Waals surface area (Å²) >= 11 is 0. The van der Waals surface area contributed by atoms with Crippen LogP contribution in [0.25, 0.3) is 0 Å². The Morgan fingerprint density at radius 2 is 1.74 bits per heavy atom. The summed E-state index contributed by atoms with van der Waals surface area (Å²) in [5.74, 6) is 1.06. The molecule has 1 aromatic carbocycles. The predicted octanol–water partition coefficient (Wildman–Crippen LogP) is 4.19. The van der Waals surface area contributed by atoms with Crippen LogP contribution in [0.4, 0.5) is 0 Å². The molecule has 0 saturated heterocycles. The van der Waals surface area contributed by atoms with Crippen molar-refractivity contribution in [2.75, 3.05) is 19.7 Å². The van der Waals surface area contributed by atoms with E-state index in [2.05, 4.69) is 37.4 Å². The van der Waals surface area contributed by atoms with E-state index in [0.29, 0.717) is 0 Å². The second kappa shape index (κ2) is 10.9. The van der Waals surface area contributed by atoms with E-state index >= 15 is 0 Å². The summed E-state index contributed by atoms with van der Waals surface area (Å²) in [5, 5.41) is 3.44. The van der Waals surface area contributed by atoms with E-state index in [1.807, 2.05) is 6.07 Å². The Bertz CT molecular complexity index is 325. The summed E-state index contributed by atoms with van der Waals surface area (Å²) in [7, 11) is 0. The fourth-order valence-corrected chi connectivity index (χ4v) is 2.13. The van der Waals surface area contributed by atoms with Gasteiger partial charge in [0.25, 0.3) is 0 Å². The number of unbranched alkanes of at least 4 members (excludes halogenated alkanes) is 3. The van der Waals surface area contributed by atoms with Gasteiger partial charge in [-0.3, -0.25) is 0 Å². The molecule has 0 aliphatic carbocycles. The lowest BCUT2D eigenvalue weighted by Gasteiger charge is -2.10. The van der Waals surface area contributed by atoms with Gasteiger partial charge in [-0.15, -0.1) is 0 Å². The molecule has 0 bridgehead atoms. The maximum Gasteiger partial charge on any atom is 0.122 e. The van der Waals surface area contributed by atoms with Crippen LogP contribution in [-0.4, -0.2) is 19.7 Å². The van der Waals surface area contributed by atoms with Crippen LogP contribution in [0.3, 0.4) is 0 Å². The minimum absolute atomic E-state index is 0.847. The maximum atomic E-state index is 5.86. The number of ether oxygens (including phenoxy) is 1. The molecular formula is C17H29NO. The van der Waals surface area contributed by atoms with Crippen LogP contribution in [0.2, 0.25) is 0 Å². The zero-order valence-electron chi connectivity index (χ0n) is 12.6. The van der Waals surface area contributed by atoms with Crippen molar-refractivity contribution in [3.63, 3.8) is 0 Å². The number of nitrogens with one attached hydrogen (secondary N) is 1. The Morgan fingerprint density at radius 1 is 0.947 bits per heavy atom. The normalized spacial score (nSPS) is 10.6. The first-order valence-corrected chi connectivity index (χ1v) is 7.80. The van der Waals surface area contributed by atoms with Crippen LogP contribution in [0, 0.1) is 0 Å². The van der Waals surface area contributed by atoms with Gasteiger partial charge in [0.2, 0.25) is 0 Å².